The molecule has 0 N–H and O–H groups in total. The quantitative estimate of drug-likeness (QED) is 0.393. The molecule has 0 spiro atoms. The SMILES string of the molecule is COc1ccc(C2=Cc3c(ncnc3N3CCC(C)(C4=NC(C)=C(c5ccc(OC)c(F)c5)C4)CC3)C2)cn1. The Morgan fingerprint density at radius 1 is 0.949 bits per heavy atom. The molecule has 0 atom stereocenters. The average molecular weight is 526 g/mol. The molecular formula is C31H32FN5O2. The summed E-state index contributed by atoms with van der Waals surface area (Å²) in [6.07, 6.45) is 9.20. The molecule has 3 aliphatic rings. The van der Waals surface area contributed by atoms with Crippen LogP contribution in [0.2, 0.25) is 0 Å². The van der Waals surface area contributed by atoms with Gasteiger partial charge in [-0.1, -0.05) is 13.0 Å². The van der Waals surface area contributed by atoms with Gasteiger partial charge in [-0.15, -0.1) is 0 Å². The molecule has 0 radical (unpaired) electrons. The zero-order valence-corrected chi connectivity index (χ0v) is 22.8. The van der Waals surface area contributed by atoms with Crippen molar-refractivity contribution in [2.45, 2.75) is 39.5 Å². The monoisotopic (exact) mass is 525 g/mol. The molecule has 8 heteroatoms. The van der Waals surface area contributed by atoms with Gasteiger partial charge >= 0.3 is 0 Å². The number of hydrogen-bond donors (Lipinski definition) is 0. The maximum Gasteiger partial charge on any atom is 0.212 e. The number of methoxy groups -OCH3 is 2. The minimum absolute atomic E-state index is 0.0174. The van der Waals surface area contributed by atoms with Crippen LogP contribution in [0.3, 0.4) is 0 Å². The Morgan fingerprint density at radius 3 is 2.44 bits per heavy atom. The van der Waals surface area contributed by atoms with E-state index in [4.69, 9.17) is 19.5 Å². The number of hydrogen-bond acceptors (Lipinski definition) is 7. The van der Waals surface area contributed by atoms with Gasteiger partial charge < -0.3 is 14.4 Å². The van der Waals surface area contributed by atoms with Crippen LogP contribution in [0, 0.1) is 11.2 Å². The van der Waals surface area contributed by atoms with Crippen molar-refractivity contribution in [1.82, 2.24) is 15.0 Å². The maximum atomic E-state index is 14.4. The van der Waals surface area contributed by atoms with Gasteiger partial charge in [-0.3, -0.25) is 4.99 Å². The van der Waals surface area contributed by atoms with E-state index in [-0.39, 0.29) is 17.0 Å². The van der Waals surface area contributed by atoms with E-state index in [2.05, 4.69) is 27.9 Å². The highest BCUT2D eigenvalue weighted by atomic mass is 19.1. The molecule has 7 nitrogen and oxygen atoms in total. The minimum atomic E-state index is -0.346. The standard InChI is InChI=1S/C31H32FN5O2/c1-19-23(20-5-7-27(38-3)25(32)14-20)16-28(36-19)31(2)9-11-37(12-10-31)30-24-13-22(15-26(24)34-18-35-30)21-6-8-29(39-4)33-17-21/h5-8,13-14,17-18H,9-12,15-16H2,1-4H3. The lowest BCUT2D eigenvalue weighted by Gasteiger charge is -2.40. The van der Waals surface area contributed by atoms with E-state index < -0.39 is 0 Å². The predicted octanol–water partition coefficient (Wildman–Crippen LogP) is 6.01. The molecule has 1 aliphatic carbocycles. The zero-order chi connectivity index (χ0) is 27.1. The van der Waals surface area contributed by atoms with Crippen LogP contribution in [0.15, 0.2) is 53.5 Å². The van der Waals surface area contributed by atoms with Gasteiger partial charge in [0.2, 0.25) is 5.88 Å². The van der Waals surface area contributed by atoms with Crippen LogP contribution in [0.1, 0.15) is 55.5 Å². The summed E-state index contributed by atoms with van der Waals surface area (Å²) in [5, 5.41) is 0. The Morgan fingerprint density at radius 2 is 1.74 bits per heavy atom. The highest BCUT2D eigenvalue weighted by Gasteiger charge is 2.38. The predicted molar refractivity (Wildman–Crippen MR) is 152 cm³/mol. The summed E-state index contributed by atoms with van der Waals surface area (Å²) in [5.74, 6) is 1.51. The van der Waals surface area contributed by atoms with Gasteiger partial charge in [-0.25, -0.2) is 19.3 Å². The summed E-state index contributed by atoms with van der Waals surface area (Å²) in [5.41, 5.74) is 8.52. The topological polar surface area (TPSA) is 72.7 Å². The summed E-state index contributed by atoms with van der Waals surface area (Å²) in [4.78, 5) is 21.0. The molecule has 0 saturated carbocycles. The molecule has 1 saturated heterocycles. The Labute approximate surface area is 228 Å². The number of halogens is 1. The molecule has 1 aromatic carbocycles. The Balaban J connectivity index is 1.16. The van der Waals surface area contributed by atoms with Crippen molar-refractivity contribution in [3.8, 4) is 11.6 Å². The second-order valence-corrected chi connectivity index (χ2v) is 10.7. The van der Waals surface area contributed by atoms with Crippen molar-refractivity contribution in [3.05, 3.63) is 76.8 Å². The largest absolute Gasteiger partial charge is 0.494 e. The molecule has 4 heterocycles. The number of ether oxygens (including phenoxy) is 2. The number of benzene rings is 1. The summed E-state index contributed by atoms with van der Waals surface area (Å²) in [6.45, 7) is 6.11. The van der Waals surface area contributed by atoms with Gasteiger partial charge in [0.25, 0.3) is 0 Å². The lowest BCUT2D eigenvalue weighted by Crippen LogP contribution is -2.43. The number of pyridine rings is 1. The first-order chi connectivity index (χ1) is 18.9. The van der Waals surface area contributed by atoms with Gasteiger partial charge in [0.1, 0.15) is 12.1 Å². The van der Waals surface area contributed by atoms with Gasteiger partial charge in [-0.05, 0) is 66.3 Å². The van der Waals surface area contributed by atoms with Crippen molar-refractivity contribution in [2.24, 2.45) is 10.4 Å². The van der Waals surface area contributed by atoms with Crippen molar-refractivity contribution >= 4 is 28.8 Å². The summed E-state index contributed by atoms with van der Waals surface area (Å²) in [7, 11) is 3.10. The highest BCUT2D eigenvalue weighted by molar-refractivity contribution is 6.03. The zero-order valence-electron chi connectivity index (χ0n) is 22.8. The molecule has 200 valence electrons. The van der Waals surface area contributed by atoms with Gasteiger partial charge in [-0.2, -0.15) is 0 Å². The molecule has 3 aromatic rings. The van der Waals surface area contributed by atoms with E-state index in [1.54, 1.807) is 25.6 Å². The molecule has 0 unspecified atom stereocenters. The van der Waals surface area contributed by atoms with E-state index in [1.165, 1.54) is 18.4 Å². The molecule has 2 aliphatic heterocycles. The van der Waals surface area contributed by atoms with E-state index >= 15 is 0 Å². The third kappa shape index (κ3) is 4.58. The lowest BCUT2D eigenvalue weighted by atomic mass is 9.74. The minimum Gasteiger partial charge on any atom is -0.494 e. The summed E-state index contributed by atoms with van der Waals surface area (Å²) >= 11 is 0. The fourth-order valence-corrected chi connectivity index (χ4v) is 5.86. The van der Waals surface area contributed by atoms with Crippen molar-refractivity contribution in [3.63, 3.8) is 0 Å². The molecule has 0 bridgehead atoms. The summed E-state index contributed by atoms with van der Waals surface area (Å²) < 4.78 is 24.7. The van der Waals surface area contributed by atoms with E-state index in [1.807, 2.05) is 31.3 Å². The van der Waals surface area contributed by atoms with Crippen LogP contribution in [0.5, 0.6) is 11.6 Å². The van der Waals surface area contributed by atoms with Crippen LogP contribution in [0.4, 0.5) is 10.2 Å². The fourth-order valence-electron chi connectivity index (χ4n) is 5.86. The second-order valence-electron chi connectivity index (χ2n) is 10.7. The average Bonchev–Trinajstić information content (AvgIpc) is 3.58. The number of anilines is 1. The number of piperidine rings is 1. The number of aliphatic imine (C=N–C) groups is 1. The normalized spacial score (nSPS) is 18.1. The third-order valence-corrected chi connectivity index (χ3v) is 8.39. The van der Waals surface area contributed by atoms with E-state index in [0.29, 0.717) is 5.88 Å². The maximum absolute atomic E-state index is 14.4. The number of fused-ring (bicyclic) bond motifs is 1. The number of rotatable bonds is 6. The molecule has 1 fully saturated rings. The number of allylic oxidation sites excluding steroid dienone is 3. The first kappa shape index (κ1) is 25.2. The molecule has 6 rings (SSSR count). The van der Waals surface area contributed by atoms with Gasteiger partial charge in [0, 0.05) is 60.6 Å². The van der Waals surface area contributed by atoms with Crippen LogP contribution in [0.25, 0.3) is 17.2 Å². The van der Waals surface area contributed by atoms with Crippen LogP contribution in [-0.2, 0) is 6.42 Å². The van der Waals surface area contributed by atoms with Crippen molar-refractivity contribution in [2.75, 3.05) is 32.2 Å². The molecule has 2 aromatic heterocycles. The van der Waals surface area contributed by atoms with Crippen LogP contribution < -0.4 is 14.4 Å². The first-order valence-electron chi connectivity index (χ1n) is 13.3. The van der Waals surface area contributed by atoms with Crippen LogP contribution >= 0.6 is 0 Å². The molecule has 39 heavy (non-hydrogen) atoms. The Kier molecular flexibility index (Phi) is 6.41. The van der Waals surface area contributed by atoms with Crippen LogP contribution in [-0.4, -0.2) is 48.0 Å². The molecular weight excluding hydrogens is 493 g/mol. The van der Waals surface area contributed by atoms with Crippen molar-refractivity contribution < 1.29 is 13.9 Å². The molecule has 0 amide bonds. The number of aromatic nitrogens is 3. The fraction of sp³-hybridized carbons (Fsp3) is 0.355. The van der Waals surface area contributed by atoms with E-state index in [9.17, 15) is 4.39 Å². The van der Waals surface area contributed by atoms with Gasteiger partial charge in [0.05, 0.1) is 19.9 Å². The first-order valence-corrected chi connectivity index (χ1v) is 13.3. The number of nitrogens with zero attached hydrogens (tertiary/aromatic N) is 5. The Hall–Kier alpha value is -4.07. The second kappa shape index (κ2) is 9.91. The lowest BCUT2D eigenvalue weighted by molar-refractivity contribution is 0.351. The summed E-state index contributed by atoms with van der Waals surface area (Å²) in [6, 6.07) is 9.09. The van der Waals surface area contributed by atoms with Crippen molar-refractivity contribution in [1.29, 1.82) is 0 Å². The van der Waals surface area contributed by atoms with E-state index in [0.717, 1.165) is 78.2 Å². The Bertz CT molecular complexity index is 1520. The highest BCUT2D eigenvalue weighted by Crippen LogP contribution is 2.43. The smallest absolute Gasteiger partial charge is 0.212 e. The van der Waals surface area contributed by atoms with Gasteiger partial charge in [0.15, 0.2) is 11.6 Å². The third-order valence-electron chi connectivity index (χ3n) is 8.39.